The van der Waals surface area contributed by atoms with Gasteiger partial charge in [-0.25, -0.2) is 0 Å². The Labute approximate surface area is 122 Å². The highest BCUT2D eigenvalue weighted by Gasteiger charge is 2.21. The summed E-state index contributed by atoms with van der Waals surface area (Å²) in [5.41, 5.74) is 6.65. The lowest BCUT2D eigenvalue weighted by atomic mass is 9.92. The molecule has 0 heterocycles. The Morgan fingerprint density at radius 2 is 2.00 bits per heavy atom. The molecule has 1 aliphatic carbocycles. The summed E-state index contributed by atoms with van der Waals surface area (Å²) >= 11 is 0. The number of ether oxygens (including phenoxy) is 1. The molecule has 20 heavy (non-hydrogen) atoms. The first kappa shape index (κ1) is 15.3. The summed E-state index contributed by atoms with van der Waals surface area (Å²) in [5.74, 6) is 7.67. The van der Waals surface area contributed by atoms with Crippen LogP contribution in [0, 0.1) is 19.8 Å². The minimum atomic E-state index is 0.185. The van der Waals surface area contributed by atoms with Crippen LogP contribution in [-0.2, 0) is 0 Å². The topological polar surface area (TPSA) is 47.3 Å². The number of hydrogen-bond acceptors (Lipinski definition) is 3. The third kappa shape index (κ3) is 3.33. The molecule has 1 saturated carbocycles. The second-order valence-corrected chi connectivity index (χ2v) is 6.08. The minimum absolute atomic E-state index is 0.185. The number of methoxy groups -OCH3 is 1. The largest absolute Gasteiger partial charge is 0.496 e. The van der Waals surface area contributed by atoms with Gasteiger partial charge in [0.25, 0.3) is 0 Å². The highest BCUT2D eigenvalue weighted by molar-refractivity contribution is 5.46. The van der Waals surface area contributed by atoms with Gasteiger partial charge in [-0.2, -0.15) is 0 Å². The number of aryl methyl sites for hydroxylation is 1. The van der Waals surface area contributed by atoms with Crippen molar-refractivity contribution in [1.82, 2.24) is 5.43 Å². The van der Waals surface area contributed by atoms with Crippen LogP contribution in [-0.4, -0.2) is 7.11 Å². The zero-order valence-corrected chi connectivity index (χ0v) is 13.0. The average Bonchev–Trinajstić information content (AvgIpc) is 2.96. The van der Waals surface area contributed by atoms with Crippen molar-refractivity contribution in [2.24, 2.45) is 11.8 Å². The van der Waals surface area contributed by atoms with E-state index in [0.717, 1.165) is 18.1 Å². The Kier molecular flexibility index (Phi) is 5.44. The Bertz CT molecular complexity index is 439. The summed E-state index contributed by atoms with van der Waals surface area (Å²) in [5, 5.41) is 0. The molecule has 1 aromatic rings. The first-order valence-electron chi connectivity index (χ1n) is 7.77. The van der Waals surface area contributed by atoms with Gasteiger partial charge in [-0.05, 0) is 43.7 Å². The van der Waals surface area contributed by atoms with Crippen molar-refractivity contribution in [2.75, 3.05) is 7.11 Å². The molecule has 0 aromatic heterocycles. The van der Waals surface area contributed by atoms with E-state index >= 15 is 0 Å². The zero-order valence-electron chi connectivity index (χ0n) is 13.0. The minimum Gasteiger partial charge on any atom is -0.496 e. The van der Waals surface area contributed by atoms with Crippen molar-refractivity contribution >= 4 is 0 Å². The van der Waals surface area contributed by atoms with E-state index in [-0.39, 0.29) is 6.04 Å². The summed E-state index contributed by atoms with van der Waals surface area (Å²) < 4.78 is 5.62. The van der Waals surface area contributed by atoms with Gasteiger partial charge in [-0.3, -0.25) is 11.3 Å². The van der Waals surface area contributed by atoms with E-state index in [9.17, 15) is 0 Å². The van der Waals surface area contributed by atoms with Gasteiger partial charge in [0.2, 0.25) is 0 Å². The highest BCUT2D eigenvalue weighted by atomic mass is 16.5. The molecule has 0 spiro atoms. The summed E-state index contributed by atoms with van der Waals surface area (Å²) in [6, 6.07) is 4.50. The standard InChI is InChI=1S/C17H28N2O/c1-12-8-10-15(17(20-3)13(12)2)16(19-18)11-9-14-6-4-5-7-14/h8,10,14,16,19H,4-7,9,11,18H2,1-3H3. The Balaban J connectivity index is 2.11. The maximum atomic E-state index is 5.80. The fourth-order valence-electron chi connectivity index (χ4n) is 3.39. The van der Waals surface area contributed by atoms with Crippen LogP contribution in [0.25, 0.3) is 0 Å². The van der Waals surface area contributed by atoms with Gasteiger partial charge in [-0.1, -0.05) is 37.8 Å². The van der Waals surface area contributed by atoms with Crippen molar-refractivity contribution < 1.29 is 4.74 Å². The molecule has 1 atom stereocenters. The Morgan fingerprint density at radius 3 is 2.60 bits per heavy atom. The second kappa shape index (κ2) is 7.09. The van der Waals surface area contributed by atoms with E-state index in [0.29, 0.717) is 0 Å². The number of hydrazine groups is 1. The van der Waals surface area contributed by atoms with Gasteiger partial charge in [0.15, 0.2) is 0 Å². The van der Waals surface area contributed by atoms with E-state index in [4.69, 9.17) is 10.6 Å². The predicted molar refractivity (Wildman–Crippen MR) is 83.7 cm³/mol. The molecular formula is C17H28N2O. The highest BCUT2D eigenvalue weighted by Crippen LogP contribution is 2.35. The van der Waals surface area contributed by atoms with E-state index in [1.165, 1.54) is 48.8 Å². The summed E-state index contributed by atoms with van der Waals surface area (Å²) in [4.78, 5) is 0. The van der Waals surface area contributed by atoms with E-state index in [1.807, 2.05) is 0 Å². The van der Waals surface area contributed by atoms with Crippen LogP contribution >= 0.6 is 0 Å². The number of rotatable bonds is 6. The van der Waals surface area contributed by atoms with Gasteiger partial charge in [0.1, 0.15) is 5.75 Å². The molecule has 1 aromatic carbocycles. The summed E-state index contributed by atoms with van der Waals surface area (Å²) in [6.07, 6.45) is 7.92. The second-order valence-electron chi connectivity index (χ2n) is 6.08. The molecular weight excluding hydrogens is 248 g/mol. The fourth-order valence-corrected chi connectivity index (χ4v) is 3.39. The van der Waals surface area contributed by atoms with Gasteiger partial charge >= 0.3 is 0 Å². The molecule has 112 valence electrons. The maximum absolute atomic E-state index is 5.80. The van der Waals surface area contributed by atoms with Crippen LogP contribution in [0.4, 0.5) is 0 Å². The lowest BCUT2D eigenvalue weighted by Gasteiger charge is -2.22. The molecule has 0 radical (unpaired) electrons. The molecule has 1 aliphatic rings. The van der Waals surface area contributed by atoms with E-state index < -0.39 is 0 Å². The fraction of sp³-hybridized carbons (Fsp3) is 0.647. The molecule has 1 unspecified atom stereocenters. The van der Waals surface area contributed by atoms with Gasteiger partial charge in [0, 0.05) is 11.6 Å². The lowest BCUT2D eigenvalue weighted by molar-refractivity contribution is 0.378. The normalized spacial score (nSPS) is 17.4. The van der Waals surface area contributed by atoms with Crippen LogP contribution in [0.3, 0.4) is 0 Å². The van der Waals surface area contributed by atoms with Gasteiger partial charge in [-0.15, -0.1) is 0 Å². The number of nitrogens with one attached hydrogen (secondary N) is 1. The number of hydrogen-bond donors (Lipinski definition) is 2. The summed E-state index contributed by atoms with van der Waals surface area (Å²) in [6.45, 7) is 4.23. The van der Waals surface area contributed by atoms with Crippen molar-refractivity contribution in [3.63, 3.8) is 0 Å². The zero-order chi connectivity index (χ0) is 14.5. The van der Waals surface area contributed by atoms with Crippen LogP contribution < -0.4 is 16.0 Å². The quantitative estimate of drug-likeness (QED) is 0.614. The molecule has 3 heteroatoms. The van der Waals surface area contributed by atoms with Crippen molar-refractivity contribution in [3.05, 3.63) is 28.8 Å². The predicted octanol–water partition coefficient (Wildman–Crippen LogP) is 3.79. The third-order valence-electron chi connectivity index (χ3n) is 4.83. The average molecular weight is 276 g/mol. The van der Waals surface area contributed by atoms with Crippen molar-refractivity contribution in [3.8, 4) is 5.75 Å². The molecule has 0 saturated heterocycles. The molecule has 2 rings (SSSR count). The molecule has 1 fully saturated rings. The van der Waals surface area contributed by atoms with E-state index in [2.05, 4.69) is 31.4 Å². The maximum Gasteiger partial charge on any atom is 0.126 e. The SMILES string of the molecule is COc1c(C(CCC2CCCC2)NN)ccc(C)c1C. The molecule has 0 aliphatic heterocycles. The molecule has 3 N–H and O–H groups in total. The van der Waals surface area contributed by atoms with Gasteiger partial charge < -0.3 is 4.74 Å². The number of nitrogens with two attached hydrogens (primary N) is 1. The third-order valence-corrected chi connectivity index (χ3v) is 4.83. The smallest absolute Gasteiger partial charge is 0.126 e. The Morgan fingerprint density at radius 1 is 1.30 bits per heavy atom. The molecule has 3 nitrogen and oxygen atoms in total. The lowest BCUT2D eigenvalue weighted by Crippen LogP contribution is -2.29. The van der Waals surface area contributed by atoms with Crippen LogP contribution in [0.2, 0.25) is 0 Å². The van der Waals surface area contributed by atoms with Crippen molar-refractivity contribution in [2.45, 2.75) is 58.4 Å². The monoisotopic (exact) mass is 276 g/mol. The summed E-state index contributed by atoms with van der Waals surface area (Å²) in [7, 11) is 1.75. The molecule has 0 amide bonds. The van der Waals surface area contributed by atoms with Crippen LogP contribution in [0.5, 0.6) is 5.75 Å². The van der Waals surface area contributed by atoms with Crippen molar-refractivity contribution in [1.29, 1.82) is 0 Å². The van der Waals surface area contributed by atoms with E-state index in [1.54, 1.807) is 7.11 Å². The van der Waals surface area contributed by atoms with Crippen LogP contribution in [0.15, 0.2) is 12.1 Å². The number of benzene rings is 1. The van der Waals surface area contributed by atoms with Gasteiger partial charge in [0.05, 0.1) is 7.11 Å². The first-order valence-corrected chi connectivity index (χ1v) is 7.77. The first-order chi connectivity index (χ1) is 9.67. The van der Waals surface area contributed by atoms with Crippen LogP contribution in [0.1, 0.15) is 61.3 Å². The molecule has 0 bridgehead atoms. The Hall–Kier alpha value is -1.06.